The highest BCUT2D eigenvalue weighted by molar-refractivity contribution is 7.92. The first-order valence-electron chi connectivity index (χ1n) is 9.85. The van der Waals surface area contributed by atoms with Crippen LogP contribution in [0.1, 0.15) is 5.76 Å². The Balaban J connectivity index is 1.33. The van der Waals surface area contributed by atoms with E-state index in [4.69, 9.17) is 21.5 Å². The van der Waals surface area contributed by atoms with E-state index < -0.39 is 10.0 Å². The molecule has 0 spiro atoms. The number of benzene rings is 3. The summed E-state index contributed by atoms with van der Waals surface area (Å²) in [6.07, 6.45) is 0. The van der Waals surface area contributed by atoms with Crippen LogP contribution in [0.2, 0.25) is 0 Å². The Kier molecular flexibility index (Phi) is 6.57. The first kappa shape index (κ1) is 22.3. The fourth-order valence-corrected chi connectivity index (χ4v) is 4.07. The van der Waals surface area contributed by atoms with Gasteiger partial charge >= 0.3 is 0 Å². The van der Waals surface area contributed by atoms with Gasteiger partial charge in [0.05, 0.1) is 4.90 Å². The van der Waals surface area contributed by atoms with Crippen LogP contribution >= 0.6 is 12.2 Å². The summed E-state index contributed by atoms with van der Waals surface area (Å²) < 4.78 is 37.9. The maximum absolute atomic E-state index is 12.5. The van der Waals surface area contributed by atoms with Crippen molar-refractivity contribution in [2.75, 3.05) is 15.4 Å². The van der Waals surface area contributed by atoms with Crippen LogP contribution < -0.4 is 20.1 Å². The summed E-state index contributed by atoms with van der Waals surface area (Å²) in [4.78, 5) is 0.0848. The van der Waals surface area contributed by atoms with E-state index in [2.05, 4.69) is 20.5 Å². The van der Waals surface area contributed by atoms with Gasteiger partial charge in [0.1, 0.15) is 17.3 Å². The fourth-order valence-electron chi connectivity index (χ4n) is 2.85. The van der Waals surface area contributed by atoms with Crippen molar-refractivity contribution < 1.29 is 17.7 Å². The Morgan fingerprint density at radius 2 is 1.45 bits per heavy atom. The van der Waals surface area contributed by atoms with Crippen molar-refractivity contribution in [1.29, 1.82) is 0 Å². The van der Waals surface area contributed by atoms with Crippen molar-refractivity contribution in [2.24, 2.45) is 0 Å². The number of nitrogens with zero attached hydrogens (tertiary/aromatic N) is 1. The zero-order chi connectivity index (χ0) is 23.3. The summed E-state index contributed by atoms with van der Waals surface area (Å²) in [6, 6.07) is 24.5. The molecule has 3 N–H and O–H groups in total. The molecule has 0 aliphatic carbocycles. The van der Waals surface area contributed by atoms with Crippen LogP contribution in [-0.4, -0.2) is 18.7 Å². The summed E-state index contributed by atoms with van der Waals surface area (Å²) in [7, 11) is -3.78. The van der Waals surface area contributed by atoms with Crippen molar-refractivity contribution in [1.82, 2.24) is 5.16 Å². The van der Waals surface area contributed by atoms with Crippen molar-refractivity contribution in [2.45, 2.75) is 11.8 Å². The molecule has 10 heteroatoms. The Bertz CT molecular complexity index is 1340. The first-order valence-corrected chi connectivity index (χ1v) is 11.7. The smallest absolute Gasteiger partial charge is 0.263 e. The molecule has 0 fully saturated rings. The van der Waals surface area contributed by atoms with Gasteiger partial charge in [0.2, 0.25) is 0 Å². The van der Waals surface area contributed by atoms with Crippen molar-refractivity contribution in [3.05, 3.63) is 90.7 Å². The van der Waals surface area contributed by atoms with Gasteiger partial charge in [-0.25, -0.2) is 8.42 Å². The van der Waals surface area contributed by atoms with E-state index in [1.807, 2.05) is 54.6 Å². The maximum Gasteiger partial charge on any atom is 0.263 e. The first-order chi connectivity index (χ1) is 15.9. The van der Waals surface area contributed by atoms with Gasteiger partial charge in [-0.05, 0) is 79.8 Å². The maximum atomic E-state index is 12.5. The molecule has 0 bridgehead atoms. The molecule has 8 nitrogen and oxygen atoms in total. The number of hydrogen-bond acceptors (Lipinski definition) is 6. The number of nitrogens with one attached hydrogen (secondary N) is 3. The SMILES string of the molecule is Cc1cc(NS(=O)(=O)c2ccc(NC(=S)Nc3ccc(Oc4ccccc4)cc3)cc2)no1. The molecule has 0 amide bonds. The van der Waals surface area contributed by atoms with Gasteiger partial charge in [0.25, 0.3) is 10.0 Å². The minimum absolute atomic E-state index is 0.0848. The number of ether oxygens (including phenoxy) is 1. The zero-order valence-electron chi connectivity index (χ0n) is 17.5. The molecular formula is C23H20N4O4S2. The monoisotopic (exact) mass is 480 g/mol. The molecule has 1 aromatic heterocycles. The lowest BCUT2D eigenvalue weighted by molar-refractivity contribution is 0.400. The second-order valence-corrected chi connectivity index (χ2v) is 9.06. The van der Waals surface area contributed by atoms with Crippen LogP contribution in [0.5, 0.6) is 11.5 Å². The quantitative estimate of drug-likeness (QED) is 0.303. The number of sulfonamides is 1. The number of para-hydroxylation sites is 1. The third-order valence-corrected chi connectivity index (χ3v) is 5.96. The van der Waals surface area contributed by atoms with Gasteiger partial charge in [-0.2, -0.15) is 0 Å². The average Bonchev–Trinajstić information content (AvgIpc) is 3.20. The van der Waals surface area contributed by atoms with E-state index in [0.717, 1.165) is 11.4 Å². The number of hydrogen-bond donors (Lipinski definition) is 3. The zero-order valence-corrected chi connectivity index (χ0v) is 19.1. The van der Waals surface area contributed by atoms with Gasteiger partial charge in [-0.15, -0.1) is 0 Å². The minimum atomic E-state index is -3.78. The lowest BCUT2D eigenvalue weighted by Crippen LogP contribution is -2.19. The molecule has 4 rings (SSSR count). The predicted octanol–water partition coefficient (Wildman–Crippen LogP) is 5.39. The number of rotatable bonds is 7. The van der Waals surface area contributed by atoms with Crippen LogP contribution in [-0.2, 0) is 10.0 Å². The van der Waals surface area contributed by atoms with Crippen LogP contribution in [0.3, 0.4) is 0 Å². The van der Waals surface area contributed by atoms with E-state index in [0.29, 0.717) is 22.3 Å². The summed E-state index contributed by atoms with van der Waals surface area (Å²) in [6.45, 7) is 1.68. The molecular weight excluding hydrogens is 460 g/mol. The average molecular weight is 481 g/mol. The number of aryl methyl sites for hydroxylation is 1. The topological polar surface area (TPSA) is 105 Å². The van der Waals surface area contributed by atoms with Gasteiger partial charge in [0, 0.05) is 17.4 Å². The van der Waals surface area contributed by atoms with Crippen LogP contribution in [0.15, 0.2) is 94.3 Å². The molecule has 0 unspecified atom stereocenters. The Morgan fingerprint density at radius 3 is 2.03 bits per heavy atom. The summed E-state index contributed by atoms with van der Waals surface area (Å²) in [5.74, 6) is 2.09. The van der Waals surface area contributed by atoms with E-state index in [1.54, 1.807) is 19.1 Å². The second kappa shape index (κ2) is 9.72. The lowest BCUT2D eigenvalue weighted by atomic mass is 10.3. The molecule has 0 aliphatic rings. The van der Waals surface area contributed by atoms with Crippen LogP contribution in [0.4, 0.5) is 17.2 Å². The van der Waals surface area contributed by atoms with E-state index in [-0.39, 0.29) is 10.7 Å². The summed E-state index contributed by atoms with van der Waals surface area (Å²) in [5.41, 5.74) is 1.41. The van der Waals surface area contributed by atoms with E-state index in [9.17, 15) is 8.42 Å². The van der Waals surface area contributed by atoms with E-state index >= 15 is 0 Å². The molecule has 0 saturated carbocycles. The third kappa shape index (κ3) is 6.09. The molecule has 1 heterocycles. The minimum Gasteiger partial charge on any atom is -0.457 e. The molecule has 0 saturated heterocycles. The summed E-state index contributed by atoms with van der Waals surface area (Å²) in [5, 5.41) is 10.1. The molecule has 0 atom stereocenters. The predicted molar refractivity (Wildman–Crippen MR) is 131 cm³/mol. The third-order valence-electron chi connectivity index (χ3n) is 4.38. The highest BCUT2D eigenvalue weighted by atomic mass is 32.2. The standard InChI is InChI=1S/C23H20N4O4S2/c1-16-15-22(26-31-16)27-33(28,29)21-13-9-18(10-14-21)25-23(32)24-17-7-11-20(12-8-17)30-19-5-3-2-4-6-19/h2-15H,1H3,(H,26,27)(H2,24,25,32). The second-order valence-electron chi connectivity index (χ2n) is 6.97. The fraction of sp³-hybridized carbons (Fsp3) is 0.0435. The van der Waals surface area contributed by atoms with Crippen molar-refractivity contribution in [3.63, 3.8) is 0 Å². The molecule has 0 radical (unpaired) electrons. The highest BCUT2D eigenvalue weighted by Gasteiger charge is 2.16. The summed E-state index contributed by atoms with van der Waals surface area (Å²) >= 11 is 5.35. The van der Waals surface area contributed by atoms with Gasteiger partial charge < -0.3 is 19.9 Å². The Hall–Kier alpha value is -3.89. The van der Waals surface area contributed by atoms with E-state index in [1.165, 1.54) is 18.2 Å². The largest absolute Gasteiger partial charge is 0.457 e. The Morgan fingerprint density at radius 1 is 0.879 bits per heavy atom. The number of aromatic nitrogens is 1. The highest BCUT2D eigenvalue weighted by Crippen LogP contribution is 2.23. The van der Waals surface area contributed by atoms with Crippen LogP contribution in [0, 0.1) is 6.92 Å². The molecule has 4 aromatic rings. The van der Waals surface area contributed by atoms with Crippen molar-refractivity contribution in [3.8, 4) is 11.5 Å². The van der Waals surface area contributed by atoms with Crippen LogP contribution in [0.25, 0.3) is 0 Å². The lowest BCUT2D eigenvalue weighted by Gasteiger charge is -2.12. The number of thiocarbonyl (C=S) groups is 1. The van der Waals surface area contributed by atoms with Gasteiger partial charge in [-0.1, -0.05) is 23.4 Å². The normalized spacial score (nSPS) is 10.9. The number of anilines is 3. The van der Waals surface area contributed by atoms with Crippen molar-refractivity contribution >= 4 is 44.5 Å². The molecule has 3 aromatic carbocycles. The molecule has 33 heavy (non-hydrogen) atoms. The molecule has 168 valence electrons. The molecule has 0 aliphatic heterocycles. The van der Waals surface area contributed by atoms with Gasteiger partial charge in [0.15, 0.2) is 10.9 Å². The Labute approximate surface area is 196 Å². The van der Waals surface area contributed by atoms with Gasteiger partial charge in [-0.3, -0.25) is 4.72 Å².